The Hall–Kier alpha value is -3.76. The summed E-state index contributed by atoms with van der Waals surface area (Å²) in [5.74, 6) is 0.293. The van der Waals surface area contributed by atoms with Crippen LogP contribution in [-0.4, -0.2) is 36.9 Å². The van der Waals surface area contributed by atoms with Gasteiger partial charge in [-0.1, -0.05) is 24.3 Å². The highest BCUT2D eigenvalue weighted by molar-refractivity contribution is 5.94. The number of para-hydroxylation sites is 2. The fourth-order valence-electron chi connectivity index (χ4n) is 3.11. The van der Waals surface area contributed by atoms with Crippen molar-refractivity contribution in [3.8, 4) is 11.5 Å². The lowest BCUT2D eigenvalue weighted by Gasteiger charge is -2.15. The van der Waals surface area contributed by atoms with E-state index < -0.39 is 12.1 Å². The van der Waals surface area contributed by atoms with Crippen LogP contribution in [-0.2, 0) is 11.3 Å². The molecule has 1 amide bonds. The van der Waals surface area contributed by atoms with E-state index in [-0.39, 0.29) is 18.3 Å². The first-order chi connectivity index (χ1) is 14.4. The van der Waals surface area contributed by atoms with Gasteiger partial charge in [-0.05, 0) is 47.1 Å². The van der Waals surface area contributed by atoms with E-state index in [2.05, 4.69) is 20.6 Å². The zero-order chi connectivity index (χ0) is 21.3. The number of carbonyl (C=O) groups is 1. The Morgan fingerprint density at radius 2 is 1.93 bits per heavy atom. The number of imidazole rings is 1. The van der Waals surface area contributed by atoms with Crippen molar-refractivity contribution in [2.75, 3.05) is 11.1 Å². The average molecular weight is 407 g/mol. The van der Waals surface area contributed by atoms with E-state index >= 15 is 0 Å². The highest BCUT2D eigenvalue weighted by Gasteiger charge is 2.21. The Morgan fingerprint density at radius 1 is 1.20 bits per heavy atom. The number of aromatic nitrogens is 4. The molecule has 2 aromatic heterocycles. The Bertz CT molecular complexity index is 1180. The molecule has 154 valence electrons. The second kappa shape index (κ2) is 7.93. The zero-order valence-electron chi connectivity index (χ0n) is 16.2. The summed E-state index contributed by atoms with van der Waals surface area (Å²) < 4.78 is 6.54. The van der Waals surface area contributed by atoms with Gasteiger partial charge in [0.15, 0.2) is 17.3 Å². The second-order valence-electron chi connectivity index (χ2n) is 6.95. The number of nitrogens with zero attached hydrogens (tertiary/aromatic N) is 4. The predicted molar refractivity (Wildman–Crippen MR) is 111 cm³/mol. The van der Waals surface area contributed by atoms with Crippen LogP contribution in [0.3, 0.4) is 0 Å². The molecule has 10 nitrogen and oxygen atoms in total. The lowest BCUT2D eigenvalue weighted by molar-refractivity contribution is -0.117. The molecule has 10 heteroatoms. The Morgan fingerprint density at radius 3 is 2.60 bits per heavy atom. The number of aliphatic hydroxyl groups is 1. The average Bonchev–Trinajstić information content (AvgIpc) is 3.31. The number of nitrogens with one attached hydrogen (secondary N) is 1. The molecule has 4 aromatic rings. The molecule has 0 aliphatic heterocycles. The normalized spacial score (nSPS) is 13.3. The van der Waals surface area contributed by atoms with Crippen molar-refractivity contribution in [2.24, 2.45) is 5.73 Å². The molecule has 0 radical (unpaired) electrons. The summed E-state index contributed by atoms with van der Waals surface area (Å²) in [4.78, 5) is 16.3. The van der Waals surface area contributed by atoms with Gasteiger partial charge in [0.2, 0.25) is 5.91 Å². The van der Waals surface area contributed by atoms with Gasteiger partial charge in [0, 0.05) is 5.69 Å². The summed E-state index contributed by atoms with van der Waals surface area (Å²) in [7, 11) is 0. The van der Waals surface area contributed by atoms with Crippen LogP contribution < -0.4 is 16.8 Å². The van der Waals surface area contributed by atoms with Crippen LogP contribution in [0.1, 0.15) is 18.6 Å². The summed E-state index contributed by atoms with van der Waals surface area (Å²) in [6.07, 6.45) is -0.847. The minimum Gasteiger partial charge on any atom is -0.387 e. The molecule has 0 fully saturated rings. The number of rotatable bonds is 6. The molecular formula is C20H21N7O3. The summed E-state index contributed by atoms with van der Waals surface area (Å²) in [5, 5.41) is 21.0. The van der Waals surface area contributed by atoms with Crippen LogP contribution in [0.15, 0.2) is 53.2 Å². The van der Waals surface area contributed by atoms with Crippen molar-refractivity contribution in [2.45, 2.75) is 25.6 Å². The number of hydrogen-bond donors (Lipinski definition) is 4. The molecule has 2 unspecified atom stereocenters. The fourth-order valence-corrected chi connectivity index (χ4v) is 3.11. The highest BCUT2D eigenvalue weighted by Crippen LogP contribution is 2.29. The van der Waals surface area contributed by atoms with Crippen molar-refractivity contribution < 1.29 is 14.5 Å². The number of aliphatic hydroxyl groups excluding tert-OH is 1. The first kappa shape index (κ1) is 19.6. The molecule has 0 saturated heterocycles. The molecular weight excluding hydrogens is 386 g/mol. The summed E-state index contributed by atoms with van der Waals surface area (Å²) in [6, 6.07) is 13.8. The van der Waals surface area contributed by atoms with Crippen molar-refractivity contribution in [1.82, 2.24) is 19.9 Å². The molecule has 2 atom stereocenters. The van der Waals surface area contributed by atoms with Gasteiger partial charge in [-0.25, -0.2) is 9.61 Å². The third-order valence-electron chi connectivity index (χ3n) is 4.71. The maximum atomic E-state index is 11.7. The minimum absolute atomic E-state index is 0.121. The van der Waals surface area contributed by atoms with Crippen molar-refractivity contribution in [3.63, 3.8) is 0 Å². The predicted octanol–water partition coefficient (Wildman–Crippen LogP) is 1.69. The smallest absolute Gasteiger partial charge is 0.240 e. The lowest BCUT2D eigenvalue weighted by atomic mass is 10.1. The maximum Gasteiger partial charge on any atom is 0.240 e. The molecule has 30 heavy (non-hydrogen) atoms. The number of hydrogen-bond acceptors (Lipinski definition) is 8. The van der Waals surface area contributed by atoms with Gasteiger partial charge in [-0.15, -0.1) is 0 Å². The summed E-state index contributed by atoms with van der Waals surface area (Å²) in [6.45, 7) is 1.81. The van der Waals surface area contributed by atoms with E-state index in [4.69, 9.17) is 16.1 Å². The lowest BCUT2D eigenvalue weighted by Crippen LogP contribution is -2.32. The van der Waals surface area contributed by atoms with Gasteiger partial charge in [-0.3, -0.25) is 4.79 Å². The van der Waals surface area contributed by atoms with Gasteiger partial charge in [0.25, 0.3) is 0 Å². The summed E-state index contributed by atoms with van der Waals surface area (Å²) >= 11 is 0. The second-order valence-corrected chi connectivity index (χ2v) is 6.95. The molecule has 2 aromatic carbocycles. The number of benzene rings is 2. The van der Waals surface area contributed by atoms with Gasteiger partial charge >= 0.3 is 0 Å². The number of amides is 1. The number of carbonyl (C=O) groups excluding carboxylic acids is 1. The van der Waals surface area contributed by atoms with Crippen LogP contribution in [0.5, 0.6) is 0 Å². The van der Waals surface area contributed by atoms with E-state index in [1.165, 1.54) is 0 Å². The third-order valence-corrected chi connectivity index (χ3v) is 4.71. The van der Waals surface area contributed by atoms with Gasteiger partial charge in [0.05, 0.1) is 29.7 Å². The molecule has 4 rings (SSSR count). The van der Waals surface area contributed by atoms with E-state index in [0.29, 0.717) is 22.8 Å². The largest absolute Gasteiger partial charge is 0.387 e. The van der Waals surface area contributed by atoms with Gasteiger partial charge in [0.1, 0.15) is 0 Å². The highest BCUT2D eigenvalue weighted by atomic mass is 16.6. The maximum absolute atomic E-state index is 11.7. The Balaban J connectivity index is 1.62. The topological polar surface area (TPSA) is 158 Å². The van der Waals surface area contributed by atoms with Gasteiger partial charge in [-0.2, -0.15) is 0 Å². The molecule has 0 spiro atoms. The Labute approximate surface area is 171 Å². The van der Waals surface area contributed by atoms with Gasteiger partial charge < -0.3 is 26.5 Å². The Kier molecular flexibility index (Phi) is 5.17. The van der Waals surface area contributed by atoms with E-state index in [9.17, 15) is 9.90 Å². The number of fused-ring (bicyclic) bond motifs is 1. The van der Waals surface area contributed by atoms with E-state index in [0.717, 1.165) is 11.0 Å². The van der Waals surface area contributed by atoms with Crippen molar-refractivity contribution in [1.29, 1.82) is 0 Å². The van der Waals surface area contributed by atoms with Crippen molar-refractivity contribution in [3.05, 3.63) is 54.1 Å². The molecule has 0 aliphatic carbocycles. The third kappa shape index (κ3) is 3.73. The van der Waals surface area contributed by atoms with Crippen LogP contribution in [0.4, 0.5) is 11.5 Å². The van der Waals surface area contributed by atoms with Crippen LogP contribution in [0, 0.1) is 0 Å². The monoisotopic (exact) mass is 407 g/mol. The van der Waals surface area contributed by atoms with Crippen LogP contribution in [0.25, 0.3) is 22.6 Å². The number of anilines is 2. The minimum atomic E-state index is -0.847. The standard InChI is InChI=1S/C20H21N7O3/c1-11(21)20(29)23-13-8-6-12(7-9-13)16(28)10-27-15-5-3-2-4-14(15)24-19(27)17-18(22)26-30-25-17/h2-9,11,16,28H,10,21H2,1H3,(H2,22,26)(H,23,29). The van der Waals surface area contributed by atoms with Crippen LogP contribution in [0.2, 0.25) is 0 Å². The van der Waals surface area contributed by atoms with Crippen LogP contribution >= 0.6 is 0 Å². The zero-order valence-corrected chi connectivity index (χ0v) is 16.2. The fraction of sp³-hybridized carbons (Fsp3) is 0.200. The number of nitrogens with two attached hydrogens (primary N) is 2. The molecule has 0 bridgehead atoms. The molecule has 0 aliphatic rings. The molecule has 0 saturated carbocycles. The van der Waals surface area contributed by atoms with Crippen molar-refractivity contribution >= 4 is 28.4 Å². The first-order valence-corrected chi connectivity index (χ1v) is 9.32. The molecule has 2 heterocycles. The number of nitrogen functional groups attached to an aromatic ring is 1. The first-order valence-electron chi connectivity index (χ1n) is 9.32. The summed E-state index contributed by atoms with van der Waals surface area (Å²) in [5.41, 5.74) is 14.5. The van der Waals surface area contributed by atoms with E-state index in [1.54, 1.807) is 31.2 Å². The SMILES string of the molecule is CC(N)C(=O)Nc1ccc(C(O)Cn2c(-c3nonc3N)nc3ccccc32)cc1. The molecule has 6 N–H and O–H groups in total. The van der Waals surface area contributed by atoms with E-state index in [1.807, 2.05) is 28.8 Å². The quantitative estimate of drug-likeness (QED) is 0.376.